The number of hydrogen-bond donors (Lipinski definition) is 3. The maximum atomic E-state index is 14.8. The molecule has 0 radical (unpaired) electrons. The van der Waals surface area contributed by atoms with Crippen LogP contribution in [0.2, 0.25) is 0 Å². The summed E-state index contributed by atoms with van der Waals surface area (Å²) in [5.41, 5.74) is -2.60. The van der Waals surface area contributed by atoms with Crippen LogP contribution < -0.4 is 0 Å². The van der Waals surface area contributed by atoms with Crippen molar-refractivity contribution in [3.63, 3.8) is 0 Å². The van der Waals surface area contributed by atoms with E-state index in [-0.39, 0.29) is 41.8 Å². The average Bonchev–Trinajstić information content (AvgIpc) is 3.03. The molecule has 0 aliphatic rings. The molecule has 0 aliphatic carbocycles. The maximum absolute atomic E-state index is 14.8. The Balaban J connectivity index is 2.00. The lowest BCUT2D eigenvalue weighted by atomic mass is 9.90. The Morgan fingerprint density at radius 3 is 1.35 bits per heavy atom. The van der Waals surface area contributed by atoms with E-state index in [1.807, 2.05) is 0 Å². The maximum Gasteiger partial charge on any atom is 0.460 e. The van der Waals surface area contributed by atoms with Crippen LogP contribution in [0.4, 0.5) is 57.1 Å². The molecule has 284 valence electrons. The minimum Gasteiger partial charge on any atom is -0.507 e. The summed E-state index contributed by atoms with van der Waals surface area (Å²) >= 11 is 0. The molecule has 3 aromatic carbocycles. The number of phenolic OH excluding ortho intramolecular Hbond substituents is 3. The van der Waals surface area contributed by atoms with Crippen LogP contribution in [-0.2, 0) is 5.92 Å². The molecule has 0 aromatic heterocycles. The molecule has 3 aromatic rings. The monoisotopic (exact) mass is 761 g/mol. The van der Waals surface area contributed by atoms with Crippen molar-refractivity contribution in [2.75, 3.05) is 13.1 Å². The second kappa shape index (κ2) is 14.3. The Morgan fingerprint density at radius 2 is 0.904 bits per heavy atom. The molecule has 0 bridgehead atoms. The van der Waals surface area contributed by atoms with Gasteiger partial charge in [-0.25, -0.2) is 0 Å². The van der Waals surface area contributed by atoms with Crippen LogP contribution in [0.15, 0.2) is 69.6 Å². The summed E-state index contributed by atoms with van der Waals surface area (Å²) in [5.74, 6) is -39.4. The number of phenols is 3. The zero-order chi connectivity index (χ0) is 39.7. The van der Waals surface area contributed by atoms with Crippen molar-refractivity contribution in [2.24, 2.45) is 15.0 Å². The molecule has 6 nitrogen and oxygen atoms in total. The van der Waals surface area contributed by atoms with Crippen LogP contribution in [0.3, 0.4) is 0 Å². The highest BCUT2D eigenvalue weighted by molar-refractivity contribution is 5.85. The first-order valence-electron chi connectivity index (χ1n) is 14.5. The first kappa shape index (κ1) is 41.6. The van der Waals surface area contributed by atoms with Gasteiger partial charge in [0.2, 0.25) is 0 Å². The van der Waals surface area contributed by atoms with E-state index >= 15 is 0 Å². The summed E-state index contributed by atoms with van der Waals surface area (Å²) in [7, 11) is 0. The van der Waals surface area contributed by atoms with Gasteiger partial charge < -0.3 is 15.3 Å². The zero-order valence-corrected chi connectivity index (χ0v) is 26.9. The summed E-state index contributed by atoms with van der Waals surface area (Å²) < 4.78 is 178. The summed E-state index contributed by atoms with van der Waals surface area (Å²) in [6, 6.07) is 9.04. The molecule has 0 unspecified atom stereocenters. The normalized spacial score (nSPS) is 15.2. The fourth-order valence-corrected chi connectivity index (χ4v) is 4.40. The average molecular weight is 762 g/mol. The van der Waals surface area contributed by atoms with E-state index in [0.717, 1.165) is 11.1 Å². The van der Waals surface area contributed by atoms with Gasteiger partial charge in [0.05, 0.1) is 18.6 Å². The van der Waals surface area contributed by atoms with Crippen LogP contribution in [0.25, 0.3) is 0 Å². The number of benzene rings is 3. The first-order chi connectivity index (χ1) is 23.6. The van der Waals surface area contributed by atoms with E-state index in [1.165, 1.54) is 31.5 Å². The first-order valence-corrected chi connectivity index (χ1v) is 14.5. The molecular formula is C33H28F13N3O3. The van der Waals surface area contributed by atoms with Crippen molar-refractivity contribution in [1.82, 2.24) is 0 Å². The van der Waals surface area contributed by atoms with E-state index < -0.39 is 64.7 Å². The third-order valence-corrected chi connectivity index (χ3v) is 7.53. The number of rotatable bonds is 13. The standard InChI is InChI=1S/C33H28F13N3O3/c1-18-4-7-24(50)20(10-18)13-47-16-27(3,49-15-21-11-19(2)5-8-25(21)51)17-48-14-22-12-23(6-9-26(22)52)28(34,35)29(36,37)30(38,39)31(40,41)32(42,43)33(44,45)46/h4-15,50-52H,16-17H2,1-3H3/t27-/m0/s1. The second-order valence-corrected chi connectivity index (χ2v) is 12.0. The number of nitrogens with zero attached hydrogens (tertiary/aromatic N) is 3. The predicted molar refractivity (Wildman–Crippen MR) is 164 cm³/mol. The molecular weight excluding hydrogens is 733 g/mol. The van der Waals surface area contributed by atoms with Crippen LogP contribution in [0.1, 0.15) is 40.3 Å². The highest BCUT2D eigenvalue weighted by atomic mass is 19.4. The number of hydrogen-bond acceptors (Lipinski definition) is 6. The quantitative estimate of drug-likeness (QED) is 0.120. The van der Waals surface area contributed by atoms with Gasteiger partial charge in [-0.2, -0.15) is 57.1 Å². The van der Waals surface area contributed by atoms with Gasteiger partial charge in [-0.05, 0) is 63.2 Å². The highest BCUT2D eigenvalue weighted by Gasteiger charge is 2.90. The van der Waals surface area contributed by atoms with Gasteiger partial charge in [-0.3, -0.25) is 15.0 Å². The lowest BCUT2D eigenvalue weighted by Crippen LogP contribution is -2.69. The smallest absolute Gasteiger partial charge is 0.460 e. The van der Waals surface area contributed by atoms with Crippen molar-refractivity contribution in [2.45, 2.75) is 62.1 Å². The summed E-state index contributed by atoms with van der Waals surface area (Å²) in [4.78, 5) is 12.5. The van der Waals surface area contributed by atoms with Gasteiger partial charge in [0.25, 0.3) is 0 Å². The Morgan fingerprint density at radius 1 is 0.519 bits per heavy atom. The van der Waals surface area contributed by atoms with Crippen molar-refractivity contribution < 1.29 is 72.4 Å². The number of aliphatic imine (C=N–C) groups is 3. The number of alkyl halides is 13. The summed E-state index contributed by atoms with van der Waals surface area (Å²) in [6.45, 7) is 4.19. The molecule has 0 fully saturated rings. The Hall–Kier alpha value is -4.84. The fraction of sp³-hybridized carbons (Fsp3) is 0.364. The number of halogens is 13. The molecule has 1 atom stereocenters. The van der Waals surface area contributed by atoms with E-state index in [1.54, 1.807) is 38.1 Å². The molecule has 0 amide bonds. The summed E-state index contributed by atoms with van der Waals surface area (Å²) in [5, 5.41) is 30.4. The van der Waals surface area contributed by atoms with Crippen LogP contribution in [0, 0.1) is 13.8 Å². The topological polar surface area (TPSA) is 97.8 Å². The van der Waals surface area contributed by atoms with Gasteiger partial charge in [0, 0.05) is 40.9 Å². The molecule has 0 aliphatic heterocycles. The van der Waals surface area contributed by atoms with E-state index in [4.69, 9.17) is 0 Å². The lowest BCUT2D eigenvalue weighted by molar-refractivity contribution is -0.441. The lowest BCUT2D eigenvalue weighted by Gasteiger charge is -2.39. The van der Waals surface area contributed by atoms with Gasteiger partial charge in [0.15, 0.2) is 0 Å². The molecule has 3 N–H and O–H groups in total. The third kappa shape index (κ3) is 7.96. The molecule has 19 heteroatoms. The van der Waals surface area contributed by atoms with Gasteiger partial charge in [0.1, 0.15) is 17.2 Å². The molecule has 0 saturated carbocycles. The van der Waals surface area contributed by atoms with Gasteiger partial charge >= 0.3 is 35.8 Å². The summed E-state index contributed by atoms with van der Waals surface area (Å²) in [6.07, 6.45) is -4.48. The Bertz CT molecular complexity index is 1860. The van der Waals surface area contributed by atoms with Crippen LogP contribution >= 0.6 is 0 Å². The highest BCUT2D eigenvalue weighted by Crippen LogP contribution is 2.62. The van der Waals surface area contributed by atoms with Crippen molar-refractivity contribution in [3.05, 3.63) is 88.0 Å². The number of aromatic hydroxyl groups is 3. The SMILES string of the molecule is Cc1ccc(O)c(C=NC[C@@](C)(CN=Cc2cc(C(F)(F)C(F)(F)C(F)(F)C(F)(F)C(F)(F)C(F)(F)F)ccc2O)N=Cc2cc(C)ccc2O)c1. The van der Waals surface area contributed by atoms with E-state index in [9.17, 15) is 72.4 Å². The fourth-order valence-electron chi connectivity index (χ4n) is 4.40. The molecule has 0 saturated heterocycles. The van der Waals surface area contributed by atoms with Crippen molar-refractivity contribution in [1.29, 1.82) is 0 Å². The third-order valence-electron chi connectivity index (χ3n) is 7.53. The molecule has 52 heavy (non-hydrogen) atoms. The zero-order valence-electron chi connectivity index (χ0n) is 26.9. The van der Waals surface area contributed by atoms with Crippen molar-refractivity contribution >= 4 is 18.6 Å². The Kier molecular flexibility index (Phi) is 11.4. The van der Waals surface area contributed by atoms with Gasteiger partial charge in [-0.1, -0.05) is 23.3 Å². The van der Waals surface area contributed by atoms with Crippen LogP contribution in [0.5, 0.6) is 17.2 Å². The molecule has 3 rings (SSSR count). The minimum absolute atomic E-state index is 0.129. The van der Waals surface area contributed by atoms with E-state index in [0.29, 0.717) is 11.8 Å². The molecule has 0 spiro atoms. The Labute approximate surface area is 286 Å². The van der Waals surface area contributed by atoms with Crippen molar-refractivity contribution in [3.8, 4) is 17.2 Å². The van der Waals surface area contributed by atoms with Crippen LogP contribution in [-0.4, -0.2) is 82.5 Å². The van der Waals surface area contributed by atoms with E-state index in [2.05, 4.69) is 15.0 Å². The second-order valence-electron chi connectivity index (χ2n) is 12.0. The largest absolute Gasteiger partial charge is 0.507 e. The molecule has 0 heterocycles. The minimum atomic E-state index is -8.06. The predicted octanol–water partition coefficient (Wildman–Crippen LogP) is 9.03. The number of aryl methyl sites for hydroxylation is 2. The van der Waals surface area contributed by atoms with Gasteiger partial charge in [-0.15, -0.1) is 0 Å².